The van der Waals surface area contributed by atoms with Crippen LogP contribution in [-0.2, 0) is 19.4 Å². The van der Waals surface area contributed by atoms with Crippen molar-refractivity contribution in [1.82, 2.24) is 0 Å². The van der Waals surface area contributed by atoms with Crippen LogP contribution in [0.15, 0.2) is 127 Å². The van der Waals surface area contributed by atoms with Gasteiger partial charge in [0.15, 0.2) is 0 Å². The number of ether oxygens (including phenoxy) is 1. The van der Waals surface area contributed by atoms with Crippen molar-refractivity contribution in [3.8, 4) is 5.75 Å². The summed E-state index contributed by atoms with van der Waals surface area (Å²) in [7, 11) is 0.156. The average molecular weight is 491 g/mol. The van der Waals surface area contributed by atoms with Gasteiger partial charge in [0, 0.05) is 17.0 Å². The van der Waals surface area contributed by atoms with Gasteiger partial charge in [-0.15, -0.1) is 0 Å². The Morgan fingerprint density at radius 3 is 1.72 bits per heavy atom. The van der Waals surface area contributed by atoms with E-state index in [0.29, 0.717) is 11.9 Å². The van der Waals surface area contributed by atoms with Crippen LogP contribution in [0.1, 0.15) is 27.8 Å². The summed E-state index contributed by atoms with van der Waals surface area (Å²) in [5, 5.41) is 1.74. The molecule has 0 saturated carbocycles. The standard InChI is InChI=1S/C33H28FOP/c34-30-18-10-11-19-31(30)36-32-23-28(20-25-12-4-1-5-13-25)22-29(21-26-14-6-2-7-15-26)33(32)35-24-27-16-8-3-9-17-27/h1-19,22-23,36H,20-21,24H2. The maximum absolute atomic E-state index is 14.7. The normalized spacial score (nSPS) is 11.1. The summed E-state index contributed by atoms with van der Waals surface area (Å²) in [6, 6.07) is 42.6. The molecule has 0 aliphatic heterocycles. The first-order chi connectivity index (χ1) is 17.7. The summed E-state index contributed by atoms with van der Waals surface area (Å²) in [5.41, 5.74) is 5.92. The highest BCUT2D eigenvalue weighted by Crippen LogP contribution is 2.30. The Kier molecular flexibility index (Phi) is 7.86. The SMILES string of the molecule is Fc1ccccc1Pc1cc(Cc2ccccc2)cc(Cc2ccccc2)c1OCc1ccccc1. The van der Waals surface area contributed by atoms with Gasteiger partial charge in [0.25, 0.3) is 0 Å². The Morgan fingerprint density at radius 1 is 0.528 bits per heavy atom. The average Bonchev–Trinajstić information content (AvgIpc) is 2.91. The van der Waals surface area contributed by atoms with Crippen molar-refractivity contribution in [3.05, 3.63) is 161 Å². The van der Waals surface area contributed by atoms with Gasteiger partial charge in [0.05, 0.1) is 0 Å². The molecule has 178 valence electrons. The molecule has 1 atom stereocenters. The first-order valence-electron chi connectivity index (χ1n) is 12.2. The third kappa shape index (κ3) is 6.27. The van der Waals surface area contributed by atoms with E-state index >= 15 is 0 Å². The van der Waals surface area contributed by atoms with Crippen LogP contribution in [-0.4, -0.2) is 0 Å². The van der Waals surface area contributed by atoms with Crippen molar-refractivity contribution in [2.45, 2.75) is 19.4 Å². The Bertz CT molecular complexity index is 1400. The largest absolute Gasteiger partial charge is 0.488 e. The quantitative estimate of drug-likeness (QED) is 0.198. The molecule has 0 fully saturated rings. The number of benzene rings is 5. The van der Waals surface area contributed by atoms with E-state index in [9.17, 15) is 4.39 Å². The van der Waals surface area contributed by atoms with Gasteiger partial charge in [-0.1, -0.05) is 124 Å². The molecule has 5 aromatic rings. The highest BCUT2D eigenvalue weighted by Gasteiger charge is 2.16. The van der Waals surface area contributed by atoms with Gasteiger partial charge in [-0.2, -0.15) is 0 Å². The van der Waals surface area contributed by atoms with Gasteiger partial charge in [-0.3, -0.25) is 0 Å². The summed E-state index contributed by atoms with van der Waals surface area (Å²) in [6.07, 6.45) is 1.57. The van der Waals surface area contributed by atoms with Gasteiger partial charge < -0.3 is 4.74 Å². The van der Waals surface area contributed by atoms with Crippen LogP contribution in [0.5, 0.6) is 5.75 Å². The molecule has 0 N–H and O–H groups in total. The zero-order valence-electron chi connectivity index (χ0n) is 20.0. The Balaban J connectivity index is 1.58. The van der Waals surface area contributed by atoms with Crippen molar-refractivity contribution in [1.29, 1.82) is 0 Å². The monoisotopic (exact) mass is 490 g/mol. The fourth-order valence-corrected chi connectivity index (χ4v) is 5.61. The van der Waals surface area contributed by atoms with E-state index in [4.69, 9.17) is 4.74 Å². The zero-order valence-corrected chi connectivity index (χ0v) is 21.0. The molecule has 0 heterocycles. The second-order valence-corrected chi connectivity index (χ2v) is 10.2. The van der Waals surface area contributed by atoms with Gasteiger partial charge in [-0.05, 0) is 46.4 Å². The molecule has 3 heteroatoms. The van der Waals surface area contributed by atoms with Crippen molar-refractivity contribution in [3.63, 3.8) is 0 Å². The highest BCUT2D eigenvalue weighted by atomic mass is 31.1. The van der Waals surface area contributed by atoms with Gasteiger partial charge >= 0.3 is 0 Å². The van der Waals surface area contributed by atoms with E-state index in [1.807, 2.05) is 42.5 Å². The van der Waals surface area contributed by atoms with E-state index in [2.05, 4.69) is 72.8 Å². The minimum atomic E-state index is -0.178. The van der Waals surface area contributed by atoms with Crippen LogP contribution in [0.25, 0.3) is 0 Å². The first-order valence-corrected chi connectivity index (χ1v) is 13.2. The maximum Gasteiger partial charge on any atom is 0.131 e. The summed E-state index contributed by atoms with van der Waals surface area (Å²) in [4.78, 5) is 0. The van der Waals surface area contributed by atoms with E-state index in [-0.39, 0.29) is 14.4 Å². The molecule has 36 heavy (non-hydrogen) atoms. The zero-order chi connectivity index (χ0) is 24.6. The van der Waals surface area contributed by atoms with E-state index in [1.165, 1.54) is 22.8 Å². The Hall–Kier alpha value is -3.74. The molecule has 0 aliphatic rings. The molecular formula is C33H28FOP. The smallest absolute Gasteiger partial charge is 0.131 e. The molecule has 0 aliphatic carbocycles. The van der Waals surface area contributed by atoms with Crippen LogP contribution in [0, 0.1) is 5.82 Å². The molecule has 0 radical (unpaired) electrons. The molecule has 1 unspecified atom stereocenters. The lowest BCUT2D eigenvalue weighted by Gasteiger charge is -2.19. The minimum absolute atomic E-state index is 0.156. The van der Waals surface area contributed by atoms with E-state index in [0.717, 1.165) is 35.0 Å². The maximum atomic E-state index is 14.7. The summed E-state index contributed by atoms with van der Waals surface area (Å²) < 4.78 is 21.2. The fourth-order valence-electron chi connectivity index (χ4n) is 4.34. The van der Waals surface area contributed by atoms with Crippen molar-refractivity contribution in [2.24, 2.45) is 0 Å². The highest BCUT2D eigenvalue weighted by molar-refractivity contribution is 7.55. The first kappa shape index (κ1) is 24.0. The molecule has 5 aromatic carbocycles. The molecule has 0 bridgehead atoms. The fraction of sp³-hybridized carbons (Fsp3) is 0.0909. The van der Waals surface area contributed by atoms with Gasteiger partial charge in [0.2, 0.25) is 0 Å². The third-order valence-corrected chi connectivity index (χ3v) is 7.40. The molecule has 0 aromatic heterocycles. The Morgan fingerprint density at radius 2 is 1.08 bits per heavy atom. The molecule has 0 saturated heterocycles. The Labute approximate surface area is 214 Å². The molecule has 0 amide bonds. The predicted molar refractivity (Wildman–Crippen MR) is 150 cm³/mol. The van der Waals surface area contributed by atoms with Crippen LogP contribution < -0.4 is 15.3 Å². The summed E-state index contributed by atoms with van der Waals surface area (Å²) in [6.45, 7) is 0.468. The molecule has 1 nitrogen and oxygen atoms in total. The van der Waals surface area contributed by atoms with Crippen LogP contribution in [0.2, 0.25) is 0 Å². The molecule has 0 spiro atoms. The molecule has 5 rings (SSSR count). The van der Waals surface area contributed by atoms with Crippen LogP contribution in [0.4, 0.5) is 4.39 Å². The van der Waals surface area contributed by atoms with Crippen LogP contribution in [0.3, 0.4) is 0 Å². The second kappa shape index (κ2) is 11.8. The molecular weight excluding hydrogens is 462 g/mol. The number of hydrogen-bond acceptors (Lipinski definition) is 1. The van der Waals surface area contributed by atoms with E-state index < -0.39 is 0 Å². The predicted octanol–water partition coefficient (Wildman–Crippen LogP) is 7.22. The van der Waals surface area contributed by atoms with E-state index in [1.54, 1.807) is 6.07 Å². The third-order valence-electron chi connectivity index (χ3n) is 6.08. The van der Waals surface area contributed by atoms with Gasteiger partial charge in [-0.25, -0.2) is 4.39 Å². The summed E-state index contributed by atoms with van der Waals surface area (Å²) >= 11 is 0. The van der Waals surface area contributed by atoms with Crippen LogP contribution >= 0.6 is 8.58 Å². The minimum Gasteiger partial charge on any atom is -0.488 e. The topological polar surface area (TPSA) is 9.23 Å². The number of rotatable bonds is 9. The lowest BCUT2D eigenvalue weighted by atomic mass is 9.98. The van der Waals surface area contributed by atoms with Crippen molar-refractivity contribution < 1.29 is 9.13 Å². The number of halogens is 1. The van der Waals surface area contributed by atoms with Crippen molar-refractivity contribution >= 4 is 19.2 Å². The lowest BCUT2D eigenvalue weighted by molar-refractivity contribution is 0.306. The number of hydrogen-bond donors (Lipinski definition) is 0. The van der Waals surface area contributed by atoms with Gasteiger partial charge in [0.1, 0.15) is 18.2 Å². The van der Waals surface area contributed by atoms with Crippen molar-refractivity contribution in [2.75, 3.05) is 0 Å². The second-order valence-electron chi connectivity index (χ2n) is 8.84. The lowest BCUT2D eigenvalue weighted by Crippen LogP contribution is -2.14. The summed E-state index contributed by atoms with van der Waals surface area (Å²) in [5.74, 6) is 0.684.